The number of likely N-dealkylation sites (N-methyl/N-ethyl adjacent to an activating group) is 1. The van der Waals surface area contributed by atoms with Crippen molar-refractivity contribution in [2.75, 3.05) is 43.6 Å². The molecule has 2 unspecified atom stereocenters. The number of nitrogens with one attached hydrogen (secondary N) is 1. The summed E-state index contributed by atoms with van der Waals surface area (Å²) in [6.07, 6.45) is -0.0520. The molecule has 2 aromatic carbocycles. The van der Waals surface area contributed by atoms with Gasteiger partial charge in [0.2, 0.25) is 5.91 Å². The van der Waals surface area contributed by atoms with Gasteiger partial charge < -0.3 is 14.5 Å². The fraction of sp³-hybridized carbons (Fsp3) is 0.348. The van der Waals surface area contributed by atoms with Crippen LogP contribution in [0, 0.1) is 15.5 Å². The molecule has 2 fully saturated rings. The van der Waals surface area contributed by atoms with Gasteiger partial charge in [-0.05, 0) is 42.9 Å². The lowest BCUT2D eigenvalue weighted by molar-refractivity contribution is -0.384. The van der Waals surface area contributed by atoms with Gasteiger partial charge in [0, 0.05) is 43.9 Å². The summed E-state index contributed by atoms with van der Waals surface area (Å²) in [6, 6.07) is 9.54. The third-order valence-electron chi connectivity index (χ3n) is 6.95. The molecule has 11 heteroatoms. The van der Waals surface area contributed by atoms with Crippen LogP contribution in [0.5, 0.6) is 5.75 Å². The third kappa shape index (κ3) is 3.11. The van der Waals surface area contributed by atoms with Crippen molar-refractivity contribution in [2.24, 2.45) is 5.41 Å². The van der Waals surface area contributed by atoms with E-state index in [2.05, 4.69) is 5.32 Å². The molecule has 11 nitrogen and oxygen atoms in total. The third-order valence-corrected chi connectivity index (χ3v) is 6.95. The lowest BCUT2D eigenvalue weighted by atomic mass is 9.67. The summed E-state index contributed by atoms with van der Waals surface area (Å²) < 4.78 is 5.16. The normalized spacial score (nSPS) is 24.5. The van der Waals surface area contributed by atoms with E-state index in [9.17, 15) is 24.5 Å². The number of fused-ring (bicyclic) bond motifs is 4. The van der Waals surface area contributed by atoms with E-state index in [-0.39, 0.29) is 12.1 Å². The van der Waals surface area contributed by atoms with Crippen LogP contribution in [-0.4, -0.2) is 67.5 Å². The SMILES string of the molecule is COc1ccc(N2C(=O)NC(=O)C3(Cc4cc([N+](=O)[O-])ccc4N4CCN(C)CC43)C2=O)cc1. The lowest BCUT2D eigenvalue weighted by Crippen LogP contribution is -2.75. The van der Waals surface area contributed by atoms with Crippen LogP contribution in [0.25, 0.3) is 0 Å². The topological polar surface area (TPSA) is 125 Å². The molecule has 3 aliphatic rings. The number of urea groups is 1. The number of imide groups is 2. The van der Waals surface area contributed by atoms with E-state index in [0.717, 1.165) is 10.6 Å². The summed E-state index contributed by atoms with van der Waals surface area (Å²) in [5.41, 5.74) is -0.153. The Hall–Kier alpha value is -3.99. The van der Waals surface area contributed by atoms with Crippen LogP contribution in [0.15, 0.2) is 42.5 Å². The molecule has 34 heavy (non-hydrogen) atoms. The number of rotatable bonds is 3. The van der Waals surface area contributed by atoms with Gasteiger partial charge in [-0.15, -0.1) is 0 Å². The quantitative estimate of drug-likeness (QED) is 0.411. The second-order valence-corrected chi connectivity index (χ2v) is 8.79. The second kappa shape index (κ2) is 7.80. The molecule has 0 radical (unpaired) electrons. The summed E-state index contributed by atoms with van der Waals surface area (Å²) in [6.45, 7) is 1.64. The fourth-order valence-corrected chi connectivity index (χ4v) is 5.22. The van der Waals surface area contributed by atoms with Crippen LogP contribution in [0.3, 0.4) is 0 Å². The Labute approximate surface area is 195 Å². The van der Waals surface area contributed by atoms with Crippen LogP contribution >= 0.6 is 0 Å². The monoisotopic (exact) mass is 465 g/mol. The number of ether oxygens (including phenoxy) is 1. The van der Waals surface area contributed by atoms with E-state index in [1.54, 1.807) is 30.3 Å². The predicted octanol–water partition coefficient (Wildman–Crippen LogP) is 1.55. The van der Waals surface area contributed by atoms with Gasteiger partial charge in [-0.3, -0.25) is 25.0 Å². The van der Waals surface area contributed by atoms with Crippen molar-refractivity contribution in [3.63, 3.8) is 0 Å². The molecule has 2 atom stereocenters. The van der Waals surface area contributed by atoms with E-state index < -0.39 is 34.2 Å². The van der Waals surface area contributed by atoms with Crippen molar-refractivity contribution in [1.82, 2.24) is 10.2 Å². The summed E-state index contributed by atoms with van der Waals surface area (Å²) in [4.78, 5) is 56.3. The maximum Gasteiger partial charge on any atom is 0.335 e. The summed E-state index contributed by atoms with van der Waals surface area (Å²) in [5, 5.41) is 13.8. The van der Waals surface area contributed by atoms with Crippen LogP contribution < -0.4 is 19.9 Å². The number of hydrogen-bond donors (Lipinski definition) is 1. The van der Waals surface area contributed by atoms with Crippen LogP contribution in [0.1, 0.15) is 5.56 Å². The molecule has 3 aliphatic heterocycles. The highest BCUT2D eigenvalue weighted by molar-refractivity contribution is 6.30. The number of nitro groups is 1. The minimum absolute atomic E-state index is 0.0520. The molecule has 2 aromatic rings. The first-order chi connectivity index (χ1) is 16.3. The number of hydrogen-bond acceptors (Lipinski definition) is 8. The largest absolute Gasteiger partial charge is 0.497 e. The smallest absolute Gasteiger partial charge is 0.335 e. The molecule has 4 amide bonds. The van der Waals surface area contributed by atoms with Gasteiger partial charge >= 0.3 is 6.03 Å². The number of anilines is 2. The number of carbonyl (C=O) groups excluding carboxylic acids is 3. The predicted molar refractivity (Wildman–Crippen MR) is 122 cm³/mol. The number of non-ortho nitro benzene ring substituents is 1. The molecule has 3 heterocycles. The van der Waals surface area contributed by atoms with Gasteiger partial charge in [0.05, 0.1) is 23.8 Å². The van der Waals surface area contributed by atoms with Gasteiger partial charge in [-0.2, -0.15) is 0 Å². The Bertz CT molecular complexity index is 1210. The number of benzene rings is 2. The number of nitro benzene ring substituents is 1. The molecule has 0 saturated carbocycles. The summed E-state index contributed by atoms with van der Waals surface area (Å²) in [7, 11) is 3.42. The molecular formula is C23H23N5O6. The number of carbonyl (C=O) groups is 3. The average molecular weight is 465 g/mol. The van der Waals surface area contributed by atoms with E-state index in [1.807, 2.05) is 16.8 Å². The molecule has 176 valence electrons. The zero-order valence-corrected chi connectivity index (χ0v) is 18.7. The minimum atomic E-state index is -1.63. The zero-order valence-electron chi connectivity index (χ0n) is 18.7. The van der Waals surface area contributed by atoms with Crippen molar-refractivity contribution in [3.05, 3.63) is 58.1 Å². The molecule has 5 rings (SSSR count). The summed E-state index contributed by atoms with van der Waals surface area (Å²) >= 11 is 0. The second-order valence-electron chi connectivity index (χ2n) is 8.79. The highest BCUT2D eigenvalue weighted by atomic mass is 16.6. The minimum Gasteiger partial charge on any atom is -0.497 e. The van der Waals surface area contributed by atoms with Crippen molar-refractivity contribution >= 4 is 34.9 Å². The lowest BCUT2D eigenvalue weighted by Gasteiger charge is -2.54. The van der Waals surface area contributed by atoms with Crippen molar-refractivity contribution in [2.45, 2.75) is 12.5 Å². The molecule has 1 spiro atoms. The Kier molecular flexibility index (Phi) is 5.01. The van der Waals surface area contributed by atoms with E-state index in [0.29, 0.717) is 36.6 Å². The standard InChI is InChI=1S/C23H23N5O6/c1-25-9-10-26-18-8-5-16(28(32)33)11-14(18)12-23(19(26)13-25)20(29)24-22(31)27(21(23)30)15-3-6-17(34-2)7-4-15/h3-8,11,19H,9-10,12-13H2,1-2H3,(H,24,29,31). The molecular weight excluding hydrogens is 442 g/mol. The molecule has 0 aliphatic carbocycles. The van der Waals surface area contributed by atoms with Crippen molar-refractivity contribution in [3.8, 4) is 5.75 Å². The fourth-order valence-electron chi connectivity index (χ4n) is 5.22. The Morgan fingerprint density at radius 2 is 1.85 bits per heavy atom. The Balaban J connectivity index is 1.66. The number of piperazine rings is 1. The van der Waals surface area contributed by atoms with Gasteiger partial charge in [0.1, 0.15) is 5.75 Å². The molecule has 0 bridgehead atoms. The number of methoxy groups -OCH3 is 1. The van der Waals surface area contributed by atoms with Crippen LogP contribution in [0.2, 0.25) is 0 Å². The van der Waals surface area contributed by atoms with Gasteiger partial charge in [0.25, 0.3) is 11.6 Å². The summed E-state index contributed by atoms with van der Waals surface area (Å²) in [5.74, 6) is -0.776. The van der Waals surface area contributed by atoms with Crippen molar-refractivity contribution in [1.29, 1.82) is 0 Å². The van der Waals surface area contributed by atoms with E-state index in [4.69, 9.17) is 4.74 Å². The van der Waals surface area contributed by atoms with Gasteiger partial charge in [-0.1, -0.05) is 0 Å². The van der Waals surface area contributed by atoms with Crippen LogP contribution in [-0.2, 0) is 16.0 Å². The number of nitrogens with zero attached hydrogens (tertiary/aromatic N) is 4. The average Bonchev–Trinajstić information content (AvgIpc) is 2.82. The van der Waals surface area contributed by atoms with Crippen molar-refractivity contribution < 1.29 is 24.0 Å². The molecule has 1 N–H and O–H groups in total. The highest BCUT2D eigenvalue weighted by Gasteiger charge is 2.63. The first kappa shape index (κ1) is 21.8. The van der Waals surface area contributed by atoms with E-state index in [1.165, 1.54) is 19.2 Å². The first-order valence-corrected chi connectivity index (χ1v) is 10.8. The van der Waals surface area contributed by atoms with Gasteiger partial charge in [-0.25, -0.2) is 9.69 Å². The van der Waals surface area contributed by atoms with E-state index >= 15 is 0 Å². The van der Waals surface area contributed by atoms with Crippen LogP contribution in [0.4, 0.5) is 21.9 Å². The van der Waals surface area contributed by atoms with Gasteiger partial charge in [0.15, 0.2) is 5.41 Å². The number of amides is 4. The maximum atomic E-state index is 14.1. The molecule has 2 saturated heterocycles. The maximum absolute atomic E-state index is 14.1. The first-order valence-electron chi connectivity index (χ1n) is 10.8. The Morgan fingerprint density at radius 3 is 2.53 bits per heavy atom. The zero-order chi connectivity index (χ0) is 24.2. The Morgan fingerprint density at radius 1 is 1.12 bits per heavy atom. The highest BCUT2D eigenvalue weighted by Crippen LogP contribution is 2.47. The number of barbiturate groups is 1. The molecule has 0 aromatic heterocycles.